The number of aliphatic hydroxyl groups is 1. The fourth-order valence-electron chi connectivity index (χ4n) is 4.39. The molecule has 0 radical (unpaired) electrons. The molecule has 3 atom stereocenters. The highest BCUT2D eigenvalue weighted by atomic mass is 35.5. The number of halogens is 7. The molecule has 0 spiro atoms. The van der Waals surface area contributed by atoms with E-state index < -0.39 is 42.3 Å². The van der Waals surface area contributed by atoms with E-state index in [2.05, 4.69) is 10.3 Å². The van der Waals surface area contributed by atoms with Gasteiger partial charge in [0.2, 0.25) is 0 Å². The number of ether oxygens (including phenoxy) is 1. The van der Waals surface area contributed by atoms with Gasteiger partial charge in [-0.05, 0) is 61.6 Å². The minimum atomic E-state index is -4.83. The first kappa shape index (κ1) is 27.5. The third-order valence-corrected chi connectivity index (χ3v) is 6.53. The lowest BCUT2D eigenvalue weighted by Gasteiger charge is -2.42. The SMILES string of the molecule is CCc1cc(OC2CCCC(Cc3cccc(C(F)(F)F)n3)(NCC(O)C(F)(F)F)C2)ccc1Cl. The van der Waals surface area contributed by atoms with Gasteiger partial charge in [-0.3, -0.25) is 0 Å². The Morgan fingerprint density at radius 3 is 2.60 bits per heavy atom. The second-order valence-corrected chi connectivity index (χ2v) is 9.26. The van der Waals surface area contributed by atoms with Crippen molar-refractivity contribution in [3.05, 3.63) is 58.4 Å². The molecule has 0 amide bonds. The van der Waals surface area contributed by atoms with Crippen LogP contribution in [0.5, 0.6) is 5.75 Å². The van der Waals surface area contributed by atoms with Crippen LogP contribution < -0.4 is 10.1 Å². The predicted octanol–water partition coefficient (Wildman–Crippen LogP) is 6.13. The van der Waals surface area contributed by atoms with Crippen LogP contribution in [0.3, 0.4) is 0 Å². The van der Waals surface area contributed by atoms with Gasteiger partial charge in [0.1, 0.15) is 17.5 Å². The van der Waals surface area contributed by atoms with Crippen molar-refractivity contribution < 1.29 is 36.2 Å². The van der Waals surface area contributed by atoms with Gasteiger partial charge in [0.15, 0.2) is 6.10 Å². The smallest absolute Gasteiger partial charge is 0.433 e. The lowest BCUT2D eigenvalue weighted by atomic mass is 9.76. The van der Waals surface area contributed by atoms with Gasteiger partial charge in [0.25, 0.3) is 0 Å². The first-order valence-corrected chi connectivity index (χ1v) is 11.7. The zero-order valence-corrected chi connectivity index (χ0v) is 19.8. The third kappa shape index (κ3) is 7.47. The number of aromatic nitrogens is 1. The molecule has 0 aliphatic heterocycles. The lowest BCUT2D eigenvalue weighted by molar-refractivity contribution is -0.203. The van der Waals surface area contributed by atoms with Crippen LogP contribution in [-0.2, 0) is 19.0 Å². The lowest BCUT2D eigenvalue weighted by Crippen LogP contribution is -2.56. The van der Waals surface area contributed by atoms with Crippen LogP contribution in [0.1, 0.15) is 49.6 Å². The van der Waals surface area contributed by atoms with E-state index in [1.807, 2.05) is 6.92 Å². The van der Waals surface area contributed by atoms with Crippen molar-refractivity contribution in [1.29, 1.82) is 0 Å². The predicted molar refractivity (Wildman–Crippen MR) is 119 cm³/mol. The summed E-state index contributed by atoms with van der Waals surface area (Å²) >= 11 is 6.16. The van der Waals surface area contributed by atoms with Crippen LogP contribution in [-0.4, -0.2) is 40.6 Å². The number of hydrogen-bond donors (Lipinski definition) is 2. The maximum absolute atomic E-state index is 13.2. The molecule has 1 saturated carbocycles. The molecule has 2 N–H and O–H groups in total. The van der Waals surface area contributed by atoms with Gasteiger partial charge >= 0.3 is 12.4 Å². The standard InChI is InChI=1S/C24H27ClF6N2O2/c1-2-15-11-17(8-9-19(15)25)35-18-6-4-10-22(13-18,32-14-21(34)24(29,30)31)12-16-5-3-7-20(33-16)23(26,27)28/h3,5,7-9,11,18,21,32,34H,2,4,6,10,12-14H2,1H3. The maximum atomic E-state index is 13.2. The van der Waals surface area contributed by atoms with E-state index in [0.717, 1.165) is 11.6 Å². The Kier molecular flexibility index (Phi) is 8.60. The summed E-state index contributed by atoms with van der Waals surface area (Å²) in [5.41, 5.74) is -1.15. The molecule has 0 bridgehead atoms. The molecule has 2 aromatic rings. The molecule has 3 unspecified atom stereocenters. The quantitative estimate of drug-likeness (QED) is 0.408. The number of nitrogens with zero attached hydrogens (tertiary/aromatic N) is 1. The average Bonchev–Trinajstić information content (AvgIpc) is 2.78. The van der Waals surface area contributed by atoms with E-state index in [1.54, 1.807) is 18.2 Å². The Morgan fingerprint density at radius 1 is 1.20 bits per heavy atom. The number of pyridine rings is 1. The number of aliphatic hydroxyl groups excluding tert-OH is 1. The number of β-amino-alcohol motifs (C(OH)–C–C–N with tert-alkyl or cyclic N) is 1. The molecule has 3 rings (SSSR count). The molecule has 1 aliphatic rings. The summed E-state index contributed by atoms with van der Waals surface area (Å²) in [5, 5.41) is 12.9. The molecule has 1 aliphatic carbocycles. The summed E-state index contributed by atoms with van der Waals surface area (Å²) in [4.78, 5) is 3.70. The molecule has 0 saturated heterocycles. The molecule has 35 heavy (non-hydrogen) atoms. The number of nitrogens with one attached hydrogen (secondary N) is 1. The summed E-state index contributed by atoms with van der Waals surface area (Å²) in [6.45, 7) is 1.14. The molecule has 1 aromatic heterocycles. The van der Waals surface area contributed by atoms with Crippen LogP contribution in [0.25, 0.3) is 0 Å². The Bertz CT molecular complexity index is 1000. The van der Waals surface area contributed by atoms with E-state index in [-0.39, 0.29) is 18.5 Å². The average molecular weight is 525 g/mol. The van der Waals surface area contributed by atoms with Crippen LogP contribution in [0.2, 0.25) is 5.02 Å². The Labute approximate surface area is 204 Å². The fourth-order valence-corrected chi connectivity index (χ4v) is 4.64. The molecule has 1 heterocycles. The molecular formula is C24H27ClF6N2O2. The molecule has 1 fully saturated rings. The normalized spacial score (nSPS) is 22.1. The highest BCUT2D eigenvalue weighted by Gasteiger charge is 2.43. The summed E-state index contributed by atoms with van der Waals surface area (Å²) in [6, 6.07) is 8.68. The fraction of sp³-hybridized carbons (Fsp3) is 0.542. The van der Waals surface area contributed by atoms with Gasteiger partial charge < -0.3 is 15.2 Å². The molecule has 194 valence electrons. The van der Waals surface area contributed by atoms with Crippen molar-refractivity contribution in [3.8, 4) is 5.75 Å². The number of aryl methyl sites for hydroxylation is 1. The Hall–Kier alpha value is -2.04. The van der Waals surface area contributed by atoms with Crippen LogP contribution >= 0.6 is 11.6 Å². The van der Waals surface area contributed by atoms with Crippen molar-refractivity contribution >= 4 is 11.6 Å². The monoisotopic (exact) mass is 524 g/mol. The maximum Gasteiger partial charge on any atom is 0.433 e. The molecule has 4 nitrogen and oxygen atoms in total. The number of rotatable bonds is 8. The van der Waals surface area contributed by atoms with Crippen molar-refractivity contribution in [2.24, 2.45) is 0 Å². The van der Waals surface area contributed by atoms with E-state index in [1.165, 1.54) is 12.1 Å². The zero-order valence-electron chi connectivity index (χ0n) is 19.0. The van der Waals surface area contributed by atoms with E-state index in [4.69, 9.17) is 16.3 Å². The van der Waals surface area contributed by atoms with E-state index in [0.29, 0.717) is 36.5 Å². The first-order valence-electron chi connectivity index (χ1n) is 11.3. The second-order valence-electron chi connectivity index (χ2n) is 8.85. The summed E-state index contributed by atoms with van der Waals surface area (Å²) in [5.74, 6) is 0.555. The van der Waals surface area contributed by atoms with Gasteiger partial charge in [-0.25, -0.2) is 4.98 Å². The summed E-state index contributed by atoms with van der Waals surface area (Å²) in [7, 11) is 0. The van der Waals surface area contributed by atoms with Crippen LogP contribution in [0.4, 0.5) is 26.3 Å². The minimum Gasteiger partial charge on any atom is -0.490 e. The van der Waals surface area contributed by atoms with Crippen molar-refractivity contribution in [2.45, 2.75) is 75.5 Å². The number of hydrogen-bond acceptors (Lipinski definition) is 4. The van der Waals surface area contributed by atoms with Crippen LogP contribution in [0, 0.1) is 0 Å². The van der Waals surface area contributed by atoms with Gasteiger partial charge in [0.05, 0.1) is 0 Å². The molecular weight excluding hydrogens is 498 g/mol. The first-order chi connectivity index (χ1) is 16.3. The van der Waals surface area contributed by atoms with Crippen LogP contribution in [0.15, 0.2) is 36.4 Å². The highest BCUT2D eigenvalue weighted by molar-refractivity contribution is 6.31. The Balaban J connectivity index is 1.84. The summed E-state index contributed by atoms with van der Waals surface area (Å²) in [6.07, 6.45) is -10.1. The van der Waals surface area contributed by atoms with E-state index in [9.17, 15) is 31.4 Å². The number of alkyl halides is 6. The number of benzene rings is 1. The van der Waals surface area contributed by atoms with Gasteiger partial charge in [-0.15, -0.1) is 0 Å². The van der Waals surface area contributed by atoms with Gasteiger partial charge in [0, 0.05) is 35.6 Å². The zero-order chi connectivity index (χ0) is 25.9. The third-order valence-electron chi connectivity index (χ3n) is 6.17. The Morgan fingerprint density at radius 2 is 1.94 bits per heavy atom. The topological polar surface area (TPSA) is 54.4 Å². The van der Waals surface area contributed by atoms with Crippen molar-refractivity contribution in [1.82, 2.24) is 10.3 Å². The molecule has 11 heteroatoms. The van der Waals surface area contributed by atoms with Crippen molar-refractivity contribution in [3.63, 3.8) is 0 Å². The highest BCUT2D eigenvalue weighted by Crippen LogP contribution is 2.36. The minimum absolute atomic E-state index is 0.0534. The van der Waals surface area contributed by atoms with Gasteiger partial charge in [-0.1, -0.05) is 24.6 Å². The van der Waals surface area contributed by atoms with Gasteiger partial charge in [-0.2, -0.15) is 26.3 Å². The summed E-state index contributed by atoms with van der Waals surface area (Å²) < 4.78 is 84.4. The van der Waals surface area contributed by atoms with Crippen molar-refractivity contribution in [2.75, 3.05) is 6.54 Å². The van der Waals surface area contributed by atoms with E-state index >= 15 is 0 Å². The largest absolute Gasteiger partial charge is 0.490 e. The molecule has 1 aromatic carbocycles. The second kappa shape index (κ2) is 10.9.